The summed E-state index contributed by atoms with van der Waals surface area (Å²) in [5, 5.41) is 18.0. The molecule has 3 heterocycles. The topological polar surface area (TPSA) is 66.3 Å². The van der Waals surface area contributed by atoms with Crippen LogP contribution in [0.15, 0.2) is 43.0 Å². The van der Waals surface area contributed by atoms with Gasteiger partial charge in [0.15, 0.2) is 0 Å². The second-order valence-electron chi connectivity index (χ2n) is 6.07. The molecule has 2 aliphatic rings. The molecule has 3 rings (SSSR count). The number of aromatic nitrogens is 1. The van der Waals surface area contributed by atoms with E-state index < -0.39 is 0 Å². The minimum absolute atomic E-state index is 0.169. The van der Waals surface area contributed by atoms with Gasteiger partial charge in [0.1, 0.15) is 0 Å². The Kier molecular flexibility index (Phi) is 5.55. The van der Waals surface area contributed by atoms with E-state index in [0.717, 1.165) is 37.8 Å². The van der Waals surface area contributed by atoms with E-state index in [1.165, 1.54) is 0 Å². The molecule has 0 atom stereocenters. The normalized spacial score (nSPS) is 16.8. The molecule has 1 aromatic heterocycles. The molecule has 7 nitrogen and oxygen atoms in total. The van der Waals surface area contributed by atoms with E-state index in [1.807, 2.05) is 43.0 Å². The van der Waals surface area contributed by atoms with Gasteiger partial charge in [0.05, 0.1) is 51.0 Å². The monoisotopic (exact) mass is 331 g/mol. The second-order valence-corrected chi connectivity index (χ2v) is 6.07. The van der Waals surface area contributed by atoms with Crippen LogP contribution in [-0.4, -0.2) is 74.4 Å². The summed E-state index contributed by atoms with van der Waals surface area (Å²) >= 11 is 0. The van der Waals surface area contributed by atoms with Gasteiger partial charge in [-0.15, -0.1) is 0 Å². The van der Waals surface area contributed by atoms with Gasteiger partial charge in [-0.25, -0.2) is 0 Å². The average molecular weight is 331 g/mol. The summed E-state index contributed by atoms with van der Waals surface area (Å²) in [5.74, 6) is 0. The highest BCUT2D eigenvalue weighted by molar-refractivity contribution is 5.13. The third-order valence-electron chi connectivity index (χ3n) is 4.07. The molecule has 0 radical (unpaired) electrons. The molecule has 7 heteroatoms. The van der Waals surface area contributed by atoms with Crippen molar-refractivity contribution in [3.8, 4) is 0 Å². The van der Waals surface area contributed by atoms with Crippen LogP contribution in [0.4, 0.5) is 0 Å². The predicted molar refractivity (Wildman–Crippen MR) is 90.9 cm³/mol. The third kappa shape index (κ3) is 4.39. The van der Waals surface area contributed by atoms with Crippen molar-refractivity contribution in [2.24, 2.45) is 0 Å². The Morgan fingerprint density at radius 3 is 1.67 bits per heavy atom. The van der Waals surface area contributed by atoms with Crippen molar-refractivity contribution < 1.29 is 10.2 Å². The number of β-amino-alcohol motifs (C(OH)–C–C–N with tert-alkyl or cyclic N) is 2. The van der Waals surface area contributed by atoms with Crippen molar-refractivity contribution in [3.63, 3.8) is 0 Å². The van der Waals surface area contributed by atoms with Crippen LogP contribution < -0.4 is 0 Å². The van der Waals surface area contributed by atoms with Gasteiger partial charge in [-0.3, -0.25) is 4.98 Å². The van der Waals surface area contributed by atoms with Gasteiger partial charge >= 0.3 is 0 Å². The lowest BCUT2D eigenvalue weighted by Gasteiger charge is -2.21. The number of aliphatic hydroxyl groups is 2. The lowest BCUT2D eigenvalue weighted by molar-refractivity contribution is 0.201. The van der Waals surface area contributed by atoms with E-state index in [4.69, 9.17) is 15.2 Å². The van der Waals surface area contributed by atoms with Crippen LogP contribution in [0.5, 0.6) is 0 Å². The zero-order valence-electron chi connectivity index (χ0n) is 13.8. The van der Waals surface area contributed by atoms with Gasteiger partial charge in [0.2, 0.25) is 0 Å². The fourth-order valence-corrected chi connectivity index (χ4v) is 2.91. The number of pyridine rings is 1. The van der Waals surface area contributed by atoms with Crippen LogP contribution in [0, 0.1) is 0 Å². The highest BCUT2D eigenvalue weighted by Gasteiger charge is 2.14. The van der Waals surface area contributed by atoms with E-state index in [-0.39, 0.29) is 13.2 Å². The minimum Gasteiger partial charge on any atom is -0.395 e. The first kappa shape index (κ1) is 16.6. The lowest BCUT2D eigenvalue weighted by Crippen LogP contribution is -2.28. The Morgan fingerprint density at radius 2 is 1.21 bits per heavy atom. The van der Waals surface area contributed by atoms with E-state index in [9.17, 15) is 0 Å². The molecule has 0 amide bonds. The van der Waals surface area contributed by atoms with Crippen LogP contribution >= 0.6 is 0 Å². The fraction of sp³-hybridized carbons (Fsp3) is 0.471. The molecule has 130 valence electrons. The van der Waals surface area contributed by atoms with E-state index in [0.29, 0.717) is 13.1 Å². The van der Waals surface area contributed by atoms with E-state index in [2.05, 4.69) is 19.6 Å². The fourth-order valence-electron chi connectivity index (χ4n) is 2.91. The number of aliphatic hydroxyl groups excluding tert-OH is 2. The molecule has 2 aliphatic heterocycles. The van der Waals surface area contributed by atoms with Crippen molar-refractivity contribution in [1.29, 1.82) is 0 Å². The summed E-state index contributed by atoms with van der Waals surface area (Å²) < 4.78 is 0. The maximum absolute atomic E-state index is 8.99. The quantitative estimate of drug-likeness (QED) is 0.703. The molecular formula is C17H25N5O2. The highest BCUT2D eigenvalue weighted by atomic mass is 16.3. The Hall–Kier alpha value is -2.25. The number of rotatable bonds is 8. The number of hydrogen-bond acceptors (Lipinski definition) is 7. The van der Waals surface area contributed by atoms with Gasteiger partial charge in [-0.05, 0) is 12.1 Å². The maximum Gasteiger partial charge on any atom is 0.0898 e. The molecular weight excluding hydrogens is 306 g/mol. The first-order valence-corrected chi connectivity index (χ1v) is 8.26. The molecule has 0 bridgehead atoms. The standard InChI is InChI=1S/C17H25N5O2/c23-10-8-19-4-6-21(14-19)12-16-2-1-3-17(18-16)13-22-7-5-20(15-22)9-11-24/h1-7,23-24H,8-15H2. The molecule has 0 saturated heterocycles. The Balaban J connectivity index is 1.52. The maximum atomic E-state index is 8.99. The van der Waals surface area contributed by atoms with Crippen molar-refractivity contribution in [2.75, 3.05) is 39.6 Å². The van der Waals surface area contributed by atoms with Crippen molar-refractivity contribution in [2.45, 2.75) is 13.1 Å². The minimum atomic E-state index is 0.169. The zero-order valence-corrected chi connectivity index (χ0v) is 13.8. The molecule has 2 N–H and O–H groups in total. The van der Waals surface area contributed by atoms with Gasteiger partial charge in [0, 0.05) is 37.9 Å². The SMILES string of the molecule is OCCN1C=CN(Cc2cccc(CN3C=CN(CCO)C3)n2)C1. The molecule has 0 saturated carbocycles. The van der Waals surface area contributed by atoms with Crippen molar-refractivity contribution >= 4 is 0 Å². The van der Waals surface area contributed by atoms with Crippen LogP contribution in [0.2, 0.25) is 0 Å². The molecule has 0 aromatic carbocycles. The summed E-state index contributed by atoms with van der Waals surface area (Å²) in [6.07, 6.45) is 8.09. The van der Waals surface area contributed by atoms with Crippen molar-refractivity contribution in [1.82, 2.24) is 24.6 Å². The number of nitrogens with zero attached hydrogens (tertiary/aromatic N) is 5. The van der Waals surface area contributed by atoms with Gasteiger partial charge in [0.25, 0.3) is 0 Å². The molecule has 0 aliphatic carbocycles. The zero-order chi connectivity index (χ0) is 16.8. The van der Waals surface area contributed by atoms with Gasteiger partial charge in [-0.1, -0.05) is 6.07 Å². The molecule has 24 heavy (non-hydrogen) atoms. The summed E-state index contributed by atoms with van der Waals surface area (Å²) in [7, 11) is 0. The lowest BCUT2D eigenvalue weighted by atomic mass is 10.3. The predicted octanol–water partition coefficient (Wildman–Crippen LogP) is 0.159. The summed E-state index contributed by atoms with van der Waals surface area (Å²) in [4.78, 5) is 13.3. The summed E-state index contributed by atoms with van der Waals surface area (Å²) in [6.45, 7) is 4.76. The Labute approximate surface area is 142 Å². The van der Waals surface area contributed by atoms with Crippen LogP contribution in [-0.2, 0) is 13.1 Å². The molecule has 0 fully saturated rings. The highest BCUT2D eigenvalue weighted by Crippen LogP contribution is 2.13. The summed E-state index contributed by atoms with van der Waals surface area (Å²) in [5.41, 5.74) is 2.08. The van der Waals surface area contributed by atoms with Gasteiger partial charge < -0.3 is 29.8 Å². The smallest absolute Gasteiger partial charge is 0.0898 e. The van der Waals surface area contributed by atoms with Crippen LogP contribution in [0.3, 0.4) is 0 Å². The third-order valence-corrected chi connectivity index (χ3v) is 4.07. The molecule has 0 unspecified atom stereocenters. The first-order valence-electron chi connectivity index (χ1n) is 8.26. The number of hydrogen-bond donors (Lipinski definition) is 2. The van der Waals surface area contributed by atoms with Gasteiger partial charge in [-0.2, -0.15) is 0 Å². The van der Waals surface area contributed by atoms with Crippen LogP contribution in [0.25, 0.3) is 0 Å². The Bertz CT molecular complexity index is 545. The first-order chi connectivity index (χ1) is 11.8. The summed E-state index contributed by atoms with van der Waals surface area (Å²) in [6, 6.07) is 6.14. The largest absolute Gasteiger partial charge is 0.395 e. The Morgan fingerprint density at radius 1 is 0.750 bits per heavy atom. The molecule has 0 spiro atoms. The van der Waals surface area contributed by atoms with E-state index >= 15 is 0 Å². The van der Waals surface area contributed by atoms with E-state index in [1.54, 1.807) is 0 Å². The second kappa shape index (κ2) is 8.03. The van der Waals surface area contributed by atoms with Crippen molar-refractivity contribution in [3.05, 3.63) is 54.4 Å². The average Bonchev–Trinajstić information content (AvgIpc) is 3.18. The van der Waals surface area contributed by atoms with Crippen LogP contribution in [0.1, 0.15) is 11.4 Å². The molecule has 1 aromatic rings.